The molecule has 0 radical (unpaired) electrons. The maximum atomic E-state index is 11.0. The standard InChI is InChI=1S/C11H16N4O/c12-11(16)10-1-3-15(4-2-10)7-9-5-13-8-14-6-9/h5-6,8,10H,1-4,7H2,(H2,12,16). The monoisotopic (exact) mass is 220 g/mol. The van der Waals surface area contributed by atoms with Crippen molar-refractivity contribution in [3.63, 3.8) is 0 Å². The van der Waals surface area contributed by atoms with Crippen LogP contribution < -0.4 is 5.73 Å². The van der Waals surface area contributed by atoms with E-state index in [1.807, 2.05) is 12.4 Å². The molecule has 0 saturated carbocycles. The summed E-state index contributed by atoms with van der Waals surface area (Å²) in [4.78, 5) is 21.3. The van der Waals surface area contributed by atoms with Crippen LogP contribution in [0.1, 0.15) is 18.4 Å². The Labute approximate surface area is 94.7 Å². The number of nitrogens with zero attached hydrogens (tertiary/aromatic N) is 3. The number of nitrogens with two attached hydrogens (primary N) is 1. The minimum atomic E-state index is -0.164. The van der Waals surface area contributed by atoms with Crippen molar-refractivity contribution in [3.05, 3.63) is 24.3 Å². The van der Waals surface area contributed by atoms with Gasteiger partial charge < -0.3 is 5.73 Å². The number of hydrogen-bond acceptors (Lipinski definition) is 4. The van der Waals surface area contributed by atoms with Crippen LogP contribution in [0.25, 0.3) is 0 Å². The molecule has 1 aromatic heterocycles. The molecule has 0 unspecified atom stereocenters. The van der Waals surface area contributed by atoms with Crippen molar-refractivity contribution in [1.29, 1.82) is 0 Å². The Morgan fingerprint density at radius 1 is 1.38 bits per heavy atom. The van der Waals surface area contributed by atoms with Crippen LogP contribution in [-0.2, 0) is 11.3 Å². The summed E-state index contributed by atoms with van der Waals surface area (Å²) in [5, 5.41) is 0. The lowest BCUT2D eigenvalue weighted by molar-refractivity contribution is -0.123. The van der Waals surface area contributed by atoms with Crippen molar-refractivity contribution >= 4 is 5.91 Å². The highest BCUT2D eigenvalue weighted by molar-refractivity contribution is 5.76. The lowest BCUT2D eigenvalue weighted by atomic mass is 9.96. The van der Waals surface area contributed by atoms with Crippen LogP contribution in [0.3, 0.4) is 0 Å². The number of amides is 1. The Kier molecular flexibility index (Phi) is 3.46. The van der Waals surface area contributed by atoms with E-state index in [9.17, 15) is 4.79 Å². The Balaban J connectivity index is 1.84. The predicted octanol–water partition coefficient (Wildman–Crippen LogP) is 0.174. The van der Waals surface area contributed by atoms with Crippen LogP contribution in [0.2, 0.25) is 0 Å². The Hall–Kier alpha value is -1.49. The molecule has 5 nitrogen and oxygen atoms in total. The van der Waals surface area contributed by atoms with Crippen molar-refractivity contribution in [2.24, 2.45) is 11.7 Å². The first-order valence-corrected chi connectivity index (χ1v) is 5.51. The molecule has 1 aliphatic heterocycles. The molecule has 2 N–H and O–H groups in total. The second kappa shape index (κ2) is 5.03. The average molecular weight is 220 g/mol. The first-order chi connectivity index (χ1) is 7.75. The molecule has 1 fully saturated rings. The molecule has 1 saturated heterocycles. The van der Waals surface area contributed by atoms with Crippen LogP contribution in [-0.4, -0.2) is 33.9 Å². The van der Waals surface area contributed by atoms with E-state index in [0.29, 0.717) is 0 Å². The van der Waals surface area contributed by atoms with E-state index < -0.39 is 0 Å². The molecule has 0 atom stereocenters. The normalized spacial score (nSPS) is 18.5. The number of primary amides is 1. The van der Waals surface area contributed by atoms with Crippen molar-refractivity contribution in [1.82, 2.24) is 14.9 Å². The lowest BCUT2D eigenvalue weighted by Crippen LogP contribution is -2.38. The first-order valence-electron chi connectivity index (χ1n) is 5.51. The van der Waals surface area contributed by atoms with Gasteiger partial charge in [0.2, 0.25) is 5.91 Å². The van der Waals surface area contributed by atoms with Gasteiger partial charge in [-0.25, -0.2) is 9.97 Å². The molecular formula is C11H16N4O. The number of rotatable bonds is 3. The van der Waals surface area contributed by atoms with Gasteiger partial charge in [-0.05, 0) is 25.9 Å². The number of hydrogen-bond donors (Lipinski definition) is 1. The third kappa shape index (κ3) is 2.76. The van der Waals surface area contributed by atoms with Crippen LogP contribution in [0.15, 0.2) is 18.7 Å². The van der Waals surface area contributed by atoms with Gasteiger partial charge in [0.05, 0.1) is 0 Å². The summed E-state index contributed by atoms with van der Waals surface area (Å²) < 4.78 is 0. The molecule has 1 aromatic rings. The molecule has 2 rings (SSSR count). The second-order valence-electron chi connectivity index (χ2n) is 4.20. The van der Waals surface area contributed by atoms with Gasteiger partial charge in [0.25, 0.3) is 0 Å². The van der Waals surface area contributed by atoms with Gasteiger partial charge in [-0.3, -0.25) is 9.69 Å². The molecular weight excluding hydrogens is 204 g/mol. The number of piperidine rings is 1. The zero-order valence-corrected chi connectivity index (χ0v) is 9.17. The molecule has 5 heteroatoms. The lowest BCUT2D eigenvalue weighted by Gasteiger charge is -2.30. The van der Waals surface area contributed by atoms with Crippen molar-refractivity contribution in [3.8, 4) is 0 Å². The highest BCUT2D eigenvalue weighted by atomic mass is 16.1. The molecule has 2 heterocycles. The van der Waals surface area contributed by atoms with Gasteiger partial charge in [-0.1, -0.05) is 0 Å². The van der Waals surface area contributed by atoms with Gasteiger partial charge in [-0.15, -0.1) is 0 Å². The average Bonchev–Trinajstić information content (AvgIpc) is 2.31. The van der Waals surface area contributed by atoms with Crippen LogP contribution in [0.5, 0.6) is 0 Å². The highest BCUT2D eigenvalue weighted by Crippen LogP contribution is 2.17. The number of likely N-dealkylation sites (tertiary alicyclic amines) is 1. The molecule has 86 valence electrons. The number of carbonyl (C=O) groups excluding carboxylic acids is 1. The highest BCUT2D eigenvalue weighted by Gasteiger charge is 2.22. The van der Waals surface area contributed by atoms with Crippen molar-refractivity contribution in [2.45, 2.75) is 19.4 Å². The smallest absolute Gasteiger partial charge is 0.220 e. The third-order valence-electron chi connectivity index (χ3n) is 3.01. The minimum absolute atomic E-state index is 0.0586. The summed E-state index contributed by atoms with van der Waals surface area (Å²) >= 11 is 0. The summed E-state index contributed by atoms with van der Waals surface area (Å²) in [6.45, 7) is 2.69. The van der Waals surface area contributed by atoms with E-state index in [0.717, 1.165) is 38.0 Å². The zero-order chi connectivity index (χ0) is 11.4. The van der Waals surface area contributed by atoms with E-state index >= 15 is 0 Å². The largest absolute Gasteiger partial charge is 0.369 e. The van der Waals surface area contributed by atoms with Crippen molar-refractivity contribution < 1.29 is 4.79 Å². The minimum Gasteiger partial charge on any atom is -0.369 e. The number of aromatic nitrogens is 2. The fraction of sp³-hybridized carbons (Fsp3) is 0.545. The molecule has 1 aliphatic rings. The van der Waals surface area contributed by atoms with Gasteiger partial charge in [0.15, 0.2) is 0 Å². The summed E-state index contributed by atoms with van der Waals surface area (Å²) in [7, 11) is 0. The van der Waals surface area contributed by atoms with E-state index in [4.69, 9.17) is 5.73 Å². The van der Waals surface area contributed by atoms with Crippen LogP contribution in [0, 0.1) is 5.92 Å². The van der Waals surface area contributed by atoms with E-state index in [2.05, 4.69) is 14.9 Å². The quantitative estimate of drug-likeness (QED) is 0.788. The Morgan fingerprint density at radius 2 is 2.00 bits per heavy atom. The topological polar surface area (TPSA) is 72.1 Å². The van der Waals surface area contributed by atoms with Gasteiger partial charge in [-0.2, -0.15) is 0 Å². The molecule has 1 amide bonds. The number of carbonyl (C=O) groups is 1. The van der Waals surface area contributed by atoms with Crippen LogP contribution in [0.4, 0.5) is 0 Å². The summed E-state index contributed by atoms with van der Waals surface area (Å²) in [5.41, 5.74) is 6.40. The van der Waals surface area contributed by atoms with Gasteiger partial charge >= 0.3 is 0 Å². The Bertz CT molecular complexity index is 346. The molecule has 0 bridgehead atoms. The summed E-state index contributed by atoms with van der Waals surface area (Å²) in [5.74, 6) is -0.106. The van der Waals surface area contributed by atoms with E-state index in [1.165, 1.54) is 6.33 Å². The third-order valence-corrected chi connectivity index (χ3v) is 3.01. The zero-order valence-electron chi connectivity index (χ0n) is 9.17. The molecule has 0 aromatic carbocycles. The van der Waals surface area contributed by atoms with Gasteiger partial charge in [0.1, 0.15) is 6.33 Å². The fourth-order valence-corrected chi connectivity index (χ4v) is 2.05. The second-order valence-corrected chi connectivity index (χ2v) is 4.20. The van der Waals surface area contributed by atoms with Gasteiger partial charge in [0, 0.05) is 30.4 Å². The molecule has 0 aliphatic carbocycles. The summed E-state index contributed by atoms with van der Waals surface area (Å²) in [6, 6.07) is 0. The van der Waals surface area contributed by atoms with Crippen LogP contribution >= 0.6 is 0 Å². The molecule has 0 spiro atoms. The van der Waals surface area contributed by atoms with E-state index in [-0.39, 0.29) is 11.8 Å². The Morgan fingerprint density at radius 3 is 2.56 bits per heavy atom. The SMILES string of the molecule is NC(=O)C1CCN(Cc2cncnc2)CC1. The summed E-state index contributed by atoms with van der Waals surface area (Å²) in [6.07, 6.45) is 6.91. The molecule has 16 heavy (non-hydrogen) atoms. The maximum Gasteiger partial charge on any atom is 0.220 e. The van der Waals surface area contributed by atoms with E-state index in [1.54, 1.807) is 0 Å². The predicted molar refractivity (Wildman–Crippen MR) is 59.2 cm³/mol. The maximum absolute atomic E-state index is 11.0. The first kappa shape index (κ1) is 11.0. The van der Waals surface area contributed by atoms with Crippen molar-refractivity contribution in [2.75, 3.05) is 13.1 Å². The fourth-order valence-electron chi connectivity index (χ4n) is 2.05.